The number of anilines is 1. The summed E-state index contributed by atoms with van der Waals surface area (Å²) in [5, 5.41) is 22.2. The van der Waals surface area contributed by atoms with E-state index >= 15 is 0 Å². The number of carbonyl (C=O) groups excluding carboxylic acids is 1. The van der Waals surface area contributed by atoms with Crippen molar-refractivity contribution in [3.8, 4) is 10.6 Å². The van der Waals surface area contributed by atoms with Crippen LogP contribution in [0.2, 0.25) is 5.02 Å². The number of amides is 1. The van der Waals surface area contributed by atoms with Gasteiger partial charge in [-0.15, -0.1) is 11.3 Å². The summed E-state index contributed by atoms with van der Waals surface area (Å²) in [6.07, 6.45) is 0. The lowest BCUT2D eigenvalue weighted by molar-refractivity contribution is -0.384. The zero-order chi connectivity index (χ0) is 16.4. The number of carbonyl (C=O) groups is 1. The summed E-state index contributed by atoms with van der Waals surface area (Å²) in [7, 11) is 0. The molecule has 0 spiro atoms. The number of halogens is 1. The van der Waals surface area contributed by atoms with Crippen LogP contribution in [0.4, 0.5) is 11.4 Å². The molecule has 9 heteroatoms. The van der Waals surface area contributed by atoms with Gasteiger partial charge < -0.3 is 5.32 Å². The van der Waals surface area contributed by atoms with Crippen molar-refractivity contribution in [3.63, 3.8) is 0 Å². The fourth-order valence-corrected chi connectivity index (χ4v) is 2.76. The number of benzene rings is 1. The quantitative estimate of drug-likeness (QED) is 0.550. The largest absolute Gasteiger partial charge is 0.319 e. The van der Waals surface area contributed by atoms with E-state index in [2.05, 4.69) is 15.5 Å². The Morgan fingerprint density at radius 2 is 2.17 bits per heavy atom. The summed E-state index contributed by atoms with van der Waals surface area (Å²) in [6.45, 7) is 0. The van der Waals surface area contributed by atoms with Gasteiger partial charge in [0.05, 0.1) is 26.2 Å². The Balaban J connectivity index is 1.82. The molecule has 7 nitrogen and oxygen atoms in total. The summed E-state index contributed by atoms with van der Waals surface area (Å²) in [6, 6.07) is 9.22. The maximum absolute atomic E-state index is 12.2. The topological polar surface area (TPSA) is 101 Å². The predicted octanol–water partition coefficient (Wildman–Crippen LogP) is 3.95. The van der Waals surface area contributed by atoms with E-state index < -0.39 is 10.8 Å². The van der Waals surface area contributed by atoms with Gasteiger partial charge in [0.1, 0.15) is 0 Å². The molecule has 3 rings (SSSR count). The van der Waals surface area contributed by atoms with Crippen molar-refractivity contribution in [1.82, 2.24) is 10.2 Å². The number of rotatable bonds is 4. The van der Waals surface area contributed by atoms with E-state index in [-0.39, 0.29) is 22.1 Å². The van der Waals surface area contributed by atoms with Crippen LogP contribution in [-0.4, -0.2) is 21.0 Å². The maximum Gasteiger partial charge on any atom is 0.276 e. The molecule has 23 heavy (non-hydrogen) atoms. The smallest absolute Gasteiger partial charge is 0.276 e. The molecule has 0 saturated heterocycles. The average Bonchev–Trinajstić information content (AvgIpc) is 3.20. The molecular formula is C14H9ClN4O3S. The zero-order valence-corrected chi connectivity index (χ0v) is 13.0. The molecule has 0 fully saturated rings. The van der Waals surface area contributed by atoms with Crippen LogP contribution in [0, 0.1) is 10.1 Å². The molecule has 0 aliphatic rings. The Morgan fingerprint density at radius 3 is 2.87 bits per heavy atom. The Labute approximate surface area is 139 Å². The van der Waals surface area contributed by atoms with Gasteiger partial charge in [0, 0.05) is 12.1 Å². The van der Waals surface area contributed by atoms with E-state index in [1.165, 1.54) is 29.5 Å². The predicted molar refractivity (Wildman–Crippen MR) is 88.0 cm³/mol. The fourth-order valence-electron chi connectivity index (χ4n) is 1.91. The Kier molecular flexibility index (Phi) is 4.09. The molecule has 116 valence electrons. The van der Waals surface area contributed by atoms with Gasteiger partial charge >= 0.3 is 0 Å². The Hall–Kier alpha value is -2.71. The number of hydrogen-bond acceptors (Lipinski definition) is 5. The first kappa shape index (κ1) is 15.2. The minimum Gasteiger partial charge on any atom is -0.319 e. The summed E-state index contributed by atoms with van der Waals surface area (Å²) in [4.78, 5) is 23.4. The molecule has 0 aliphatic carbocycles. The average molecular weight is 349 g/mol. The van der Waals surface area contributed by atoms with E-state index in [1.54, 1.807) is 6.07 Å². The van der Waals surface area contributed by atoms with Gasteiger partial charge in [-0.1, -0.05) is 17.7 Å². The number of hydrogen-bond donors (Lipinski definition) is 2. The van der Waals surface area contributed by atoms with Crippen molar-refractivity contribution in [3.05, 3.63) is 62.6 Å². The zero-order valence-electron chi connectivity index (χ0n) is 11.4. The molecule has 2 aromatic heterocycles. The first-order valence-electron chi connectivity index (χ1n) is 6.39. The Morgan fingerprint density at radius 1 is 1.35 bits per heavy atom. The van der Waals surface area contributed by atoms with Gasteiger partial charge in [0.25, 0.3) is 11.6 Å². The molecule has 0 radical (unpaired) electrons. The fraction of sp³-hybridized carbons (Fsp3) is 0. The van der Waals surface area contributed by atoms with Crippen LogP contribution in [0.5, 0.6) is 0 Å². The van der Waals surface area contributed by atoms with E-state index in [4.69, 9.17) is 11.6 Å². The number of nitrogens with one attached hydrogen (secondary N) is 2. The van der Waals surface area contributed by atoms with Crippen LogP contribution in [0.25, 0.3) is 10.6 Å². The summed E-state index contributed by atoms with van der Waals surface area (Å²) in [5.41, 5.74) is 0.879. The van der Waals surface area contributed by atoms with Crippen LogP contribution in [-0.2, 0) is 0 Å². The SMILES string of the molecule is O=C(Nc1cc([N+](=O)[O-])ccc1Cl)c1cc(-c2cccs2)[nH]n1. The third-order valence-electron chi connectivity index (χ3n) is 3.01. The second-order valence-electron chi connectivity index (χ2n) is 4.52. The van der Waals surface area contributed by atoms with Crippen molar-refractivity contribution in [2.75, 3.05) is 5.32 Å². The van der Waals surface area contributed by atoms with Crippen LogP contribution in [0.1, 0.15) is 10.5 Å². The van der Waals surface area contributed by atoms with E-state index in [1.807, 2.05) is 17.5 Å². The lowest BCUT2D eigenvalue weighted by Gasteiger charge is -2.05. The van der Waals surface area contributed by atoms with Gasteiger partial charge in [-0.25, -0.2) is 0 Å². The van der Waals surface area contributed by atoms with Crippen molar-refractivity contribution in [2.24, 2.45) is 0 Å². The van der Waals surface area contributed by atoms with Gasteiger partial charge in [-0.05, 0) is 23.6 Å². The molecule has 0 saturated carbocycles. The molecule has 0 aliphatic heterocycles. The third kappa shape index (κ3) is 3.22. The highest BCUT2D eigenvalue weighted by molar-refractivity contribution is 7.13. The van der Waals surface area contributed by atoms with Gasteiger partial charge in [-0.2, -0.15) is 5.10 Å². The standard InChI is InChI=1S/C14H9ClN4O3S/c15-9-4-3-8(19(21)22)6-10(9)16-14(20)12-7-11(17-18-12)13-2-1-5-23-13/h1-7H,(H,16,20)(H,17,18). The van der Waals surface area contributed by atoms with Crippen molar-refractivity contribution in [1.29, 1.82) is 0 Å². The molecule has 1 amide bonds. The van der Waals surface area contributed by atoms with Gasteiger partial charge in [0.2, 0.25) is 0 Å². The lowest BCUT2D eigenvalue weighted by Crippen LogP contribution is -2.12. The highest BCUT2D eigenvalue weighted by Crippen LogP contribution is 2.27. The highest BCUT2D eigenvalue weighted by atomic mass is 35.5. The number of nitro benzene ring substituents is 1. The Bertz CT molecular complexity index is 876. The number of nitro groups is 1. The highest BCUT2D eigenvalue weighted by Gasteiger charge is 2.16. The van der Waals surface area contributed by atoms with Crippen molar-refractivity contribution in [2.45, 2.75) is 0 Å². The number of aromatic amines is 1. The molecule has 0 atom stereocenters. The van der Waals surface area contributed by atoms with Crippen LogP contribution < -0.4 is 5.32 Å². The summed E-state index contributed by atoms with van der Waals surface area (Å²) in [5.74, 6) is -0.508. The van der Waals surface area contributed by atoms with Gasteiger partial charge in [0.15, 0.2) is 5.69 Å². The molecule has 1 aromatic carbocycles. The number of nitrogens with zero attached hydrogens (tertiary/aromatic N) is 2. The molecular weight excluding hydrogens is 340 g/mol. The van der Waals surface area contributed by atoms with Gasteiger partial charge in [-0.3, -0.25) is 20.0 Å². The molecule has 0 bridgehead atoms. The first-order chi connectivity index (χ1) is 11.0. The minimum absolute atomic E-state index is 0.159. The molecule has 2 heterocycles. The maximum atomic E-state index is 12.2. The number of H-pyrrole nitrogens is 1. The van der Waals surface area contributed by atoms with Crippen LogP contribution >= 0.6 is 22.9 Å². The second kappa shape index (κ2) is 6.19. The second-order valence-corrected chi connectivity index (χ2v) is 5.87. The number of non-ortho nitro benzene ring substituents is 1. The molecule has 3 aromatic rings. The van der Waals surface area contributed by atoms with Crippen molar-refractivity contribution >= 4 is 40.2 Å². The number of thiophene rings is 1. The van der Waals surface area contributed by atoms with Crippen molar-refractivity contribution < 1.29 is 9.72 Å². The lowest BCUT2D eigenvalue weighted by atomic mass is 10.2. The third-order valence-corrected chi connectivity index (χ3v) is 4.24. The molecule has 2 N–H and O–H groups in total. The van der Waals surface area contributed by atoms with E-state index in [9.17, 15) is 14.9 Å². The van der Waals surface area contributed by atoms with Crippen LogP contribution in [0.3, 0.4) is 0 Å². The monoisotopic (exact) mass is 348 g/mol. The minimum atomic E-state index is -0.560. The van der Waals surface area contributed by atoms with E-state index in [0.29, 0.717) is 0 Å². The van der Waals surface area contributed by atoms with E-state index in [0.717, 1.165) is 10.6 Å². The normalized spacial score (nSPS) is 10.5. The molecule has 0 unspecified atom stereocenters. The first-order valence-corrected chi connectivity index (χ1v) is 7.65. The van der Waals surface area contributed by atoms with Crippen LogP contribution in [0.15, 0.2) is 41.8 Å². The summed E-state index contributed by atoms with van der Waals surface area (Å²) >= 11 is 7.47. The summed E-state index contributed by atoms with van der Waals surface area (Å²) < 4.78 is 0. The number of aromatic nitrogens is 2.